The molecule has 1 aromatic rings. The van der Waals surface area contributed by atoms with E-state index in [0.29, 0.717) is 5.69 Å². The van der Waals surface area contributed by atoms with Crippen molar-refractivity contribution in [1.29, 1.82) is 5.26 Å². The van der Waals surface area contributed by atoms with Crippen molar-refractivity contribution in [2.45, 2.75) is 32.1 Å². The highest BCUT2D eigenvalue weighted by atomic mass is 16.2. The van der Waals surface area contributed by atoms with E-state index < -0.39 is 0 Å². The molecule has 0 bridgehead atoms. The van der Waals surface area contributed by atoms with Gasteiger partial charge in [0.15, 0.2) is 0 Å². The number of fused-ring (bicyclic) bond motifs is 1. The van der Waals surface area contributed by atoms with Gasteiger partial charge in [0.1, 0.15) is 6.42 Å². The molecule has 0 atom stereocenters. The minimum absolute atomic E-state index is 0.149. The fourth-order valence-corrected chi connectivity index (χ4v) is 2.73. The molecule has 1 N–H and O–H groups in total. The Morgan fingerprint density at radius 1 is 1.38 bits per heavy atom. The maximum Gasteiger partial charge on any atom is 0.238 e. The van der Waals surface area contributed by atoms with Crippen LogP contribution in [0.5, 0.6) is 0 Å². The maximum absolute atomic E-state index is 12.3. The molecule has 0 radical (unpaired) electrons. The number of nitrogens with one attached hydrogen (secondary N) is 1. The van der Waals surface area contributed by atoms with Crippen molar-refractivity contribution >= 4 is 23.2 Å². The molecule has 5 nitrogen and oxygen atoms in total. The van der Waals surface area contributed by atoms with E-state index in [4.69, 9.17) is 5.26 Å². The van der Waals surface area contributed by atoms with E-state index in [9.17, 15) is 9.59 Å². The third-order valence-electron chi connectivity index (χ3n) is 3.91. The van der Waals surface area contributed by atoms with Crippen LogP contribution >= 0.6 is 0 Å². The summed E-state index contributed by atoms with van der Waals surface area (Å²) in [6.07, 6.45) is 3.72. The van der Waals surface area contributed by atoms with Gasteiger partial charge in [-0.25, -0.2) is 0 Å². The molecule has 2 aliphatic rings. The second kappa shape index (κ2) is 5.57. The number of aryl methyl sites for hydroxylation is 1. The Morgan fingerprint density at radius 2 is 2.19 bits per heavy atom. The molecule has 1 aliphatic carbocycles. The van der Waals surface area contributed by atoms with Crippen LogP contribution < -0.4 is 10.2 Å². The normalized spacial score (nSPS) is 16.8. The van der Waals surface area contributed by atoms with Gasteiger partial charge in [-0.3, -0.25) is 9.59 Å². The van der Waals surface area contributed by atoms with Crippen molar-refractivity contribution in [2.24, 2.45) is 5.92 Å². The van der Waals surface area contributed by atoms with Crippen LogP contribution in [-0.2, 0) is 16.0 Å². The topological polar surface area (TPSA) is 73.2 Å². The SMILES string of the molecule is N#CCC(=O)Nc1ccc2c(c1)CCCN2C(=O)C1CC1. The van der Waals surface area contributed by atoms with E-state index in [1.807, 2.05) is 23.1 Å². The molecule has 2 amide bonds. The molecule has 0 spiro atoms. The summed E-state index contributed by atoms with van der Waals surface area (Å²) in [5.41, 5.74) is 2.75. The average Bonchev–Trinajstić information content (AvgIpc) is 3.30. The molecule has 108 valence electrons. The predicted molar refractivity (Wildman–Crippen MR) is 78.7 cm³/mol. The summed E-state index contributed by atoms with van der Waals surface area (Å²) < 4.78 is 0. The van der Waals surface area contributed by atoms with E-state index in [2.05, 4.69) is 5.32 Å². The Hall–Kier alpha value is -2.35. The van der Waals surface area contributed by atoms with Crippen LogP contribution in [0.25, 0.3) is 0 Å². The summed E-state index contributed by atoms with van der Waals surface area (Å²) in [7, 11) is 0. The Labute approximate surface area is 123 Å². The van der Waals surface area contributed by atoms with Crippen molar-refractivity contribution in [3.63, 3.8) is 0 Å². The lowest BCUT2D eigenvalue weighted by atomic mass is 10.0. The van der Waals surface area contributed by atoms with Crippen molar-refractivity contribution in [3.05, 3.63) is 23.8 Å². The minimum Gasteiger partial charge on any atom is -0.325 e. The summed E-state index contributed by atoms with van der Waals surface area (Å²) in [6.45, 7) is 0.780. The van der Waals surface area contributed by atoms with E-state index in [1.54, 1.807) is 6.07 Å². The fourth-order valence-electron chi connectivity index (χ4n) is 2.73. The smallest absolute Gasteiger partial charge is 0.238 e. The largest absolute Gasteiger partial charge is 0.325 e. The number of rotatable bonds is 3. The van der Waals surface area contributed by atoms with Gasteiger partial charge in [0.25, 0.3) is 0 Å². The molecule has 1 fully saturated rings. The zero-order chi connectivity index (χ0) is 14.8. The van der Waals surface area contributed by atoms with Crippen molar-refractivity contribution < 1.29 is 9.59 Å². The first kappa shape index (κ1) is 13.6. The number of carbonyl (C=O) groups is 2. The molecule has 21 heavy (non-hydrogen) atoms. The number of hydrogen-bond donors (Lipinski definition) is 1. The first-order valence-electron chi connectivity index (χ1n) is 7.30. The lowest BCUT2D eigenvalue weighted by Gasteiger charge is -2.30. The fraction of sp³-hybridized carbons (Fsp3) is 0.438. The van der Waals surface area contributed by atoms with E-state index in [0.717, 1.165) is 43.5 Å². The zero-order valence-corrected chi connectivity index (χ0v) is 11.8. The second-order valence-electron chi connectivity index (χ2n) is 5.59. The van der Waals surface area contributed by atoms with E-state index in [-0.39, 0.29) is 24.2 Å². The predicted octanol–water partition coefficient (Wildman–Crippen LogP) is 2.23. The van der Waals surface area contributed by atoms with Crippen molar-refractivity contribution in [1.82, 2.24) is 0 Å². The minimum atomic E-state index is -0.306. The Bertz CT molecular complexity index is 629. The second-order valence-corrected chi connectivity index (χ2v) is 5.59. The molecule has 1 aliphatic heterocycles. The summed E-state index contributed by atoms with van der Waals surface area (Å²) >= 11 is 0. The highest BCUT2D eigenvalue weighted by molar-refractivity contribution is 5.98. The van der Waals surface area contributed by atoms with Gasteiger partial charge in [-0.05, 0) is 49.4 Å². The van der Waals surface area contributed by atoms with Crippen LogP contribution in [0.1, 0.15) is 31.2 Å². The molecular formula is C16H17N3O2. The molecule has 3 rings (SSSR count). The van der Waals surface area contributed by atoms with Gasteiger partial charge in [0.2, 0.25) is 11.8 Å². The number of hydrogen-bond acceptors (Lipinski definition) is 3. The van der Waals surface area contributed by atoms with Crippen LogP contribution in [0.2, 0.25) is 0 Å². The molecule has 1 saturated carbocycles. The molecule has 1 aromatic carbocycles. The van der Waals surface area contributed by atoms with E-state index in [1.165, 1.54) is 0 Å². The highest BCUT2D eigenvalue weighted by Gasteiger charge is 2.35. The molecule has 0 unspecified atom stereocenters. The van der Waals surface area contributed by atoms with Gasteiger partial charge in [-0.2, -0.15) is 5.26 Å². The highest BCUT2D eigenvalue weighted by Crippen LogP contribution is 2.36. The Morgan fingerprint density at radius 3 is 2.90 bits per heavy atom. The molecule has 5 heteroatoms. The third kappa shape index (κ3) is 2.89. The van der Waals surface area contributed by atoms with Crippen molar-refractivity contribution in [2.75, 3.05) is 16.8 Å². The van der Waals surface area contributed by atoms with Gasteiger partial charge in [-0.1, -0.05) is 0 Å². The molecule has 1 heterocycles. The lowest BCUT2D eigenvalue weighted by Crippen LogP contribution is -2.36. The monoisotopic (exact) mass is 283 g/mol. The number of nitrogens with zero attached hydrogens (tertiary/aromatic N) is 2. The number of benzene rings is 1. The van der Waals surface area contributed by atoms with Gasteiger partial charge in [0.05, 0.1) is 6.07 Å². The molecule has 0 aromatic heterocycles. The standard InChI is InChI=1S/C16H17N3O2/c17-8-7-15(20)18-13-5-6-14-12(10-13)2-1-9-19(14)16(21)11-3-4-11/h5-6,10-11H,1-4,7,9H2,(H,18,20). The lowest BCUT2D eigenvalue weighted by molar-refractivity contribution is -0.120. The number of amides is 2. The van der Waals surface area contributed by atoms with Crippen LogP contribution in [0.4, 0.5) is 11.4 Å². The van der Waals surface area contributed by atoms with Crippen LogP contribution in [0.3, 0.4) is 0 Å². The van der Waals surface area contributed by atoms with Gasteiger partial charge >= 0.3 is 0 Å². The van der Waals surface area contributed by atoms with Crippen LogP contribution in [-0.4, -0.2) is 18.4 Å². The summed E-state index contributed by atoms with van der Waals surface area (Å²) in [5.74, 6) is 0.141. The number of anilines is 2. The molecule has 0 saturated heterocycles. The summed E-state index contributed by atoms with van der Waals surface area (Å²) in [4.78, 5) is 25.6. The van der Waals surface area contributed by atoms with Crippen molar-refractivity contribution in [3.8, 4) is 6.07 Å². The summed E-state index contributed by atoms with van der Waals surface area (Å²) in [5, 5.41) is 11.2. The average molecular weight is 283 g/mol. The first-order chi connectivity index (χ1) is 10.2. The zero-order valence-electron chi connectivity index (χ0n) is 11.8. The van der Waals surface area contributed by atoms with Crippen LogP contribution in [0, 0.1) is 17.2 Å². The van der Waals surface area contributed by atoms with Gasteiger partial charge < -0.3 is 10.2 Å². The molecular weight excluding hydrogens is 266 g/mol. The van der Waals surface area contributed by atoms with E-state index >= 15 is 0 Å². The van der Waals surface area contributed by atoms with Gasteiger partial charge in [0, 0.05) is 23.8 Å². The maximum atomic E-state index is 12.3. The number of nitriles is 1. The third-order valence-corrected chi connectivity index (χ3v) is 3.91. The first-order valence-corrected chi connectivity index (χ1v) is 7.30. The summed E-state index contributed by atoms with van der Waals surface area (Å²) in [6, 6.07) is 7.44. The Balaban J connectivity index is 1.80. The number of carbonyl (C=O) groups excluding carboxylic acids is 2. The van der Waals surface area contributed by atoms with Crippen LogP contribution in [0.15, 0.2) is 18.2 Å². The quantitative estimate of drug-likeness (QED) is 0.924. The Kier molecular flexibility index (Phi) is 3.61. The van der Waals surface area contributed by atoms with Gasteiger partial charge in [-0.15, -0.1) is 0 Å².